The summed E-state index contributed by atoms with van der Waals surface area (Å²) >= 11 is 11.8. The zero-order valence-electron chi connectivity index (χ0n) is 11.3. The minimum Gasteiger partial charge on any atom is -0.348 e. The fourth-order valence-electron chi connectivity index (χ4n) is 1.97. The lowest BCUT2D eigenvalue weighted by Gasteiger charge is -2.11. The van der Waals surface area contributed by atoms with E-state index in [2.05, 4.69) is 20.2 Å². The van der Waals surface area contributed by atoms with Crippen LogP contribution in [0.15, 0.2) is 30.7 Å². The van der Waals surface area contributed by atoms with Gasteiger partial charge in [0.15, 0.2) is 0 Å². The maximum absolute atomic E-state index is 12.7. The number of aromatic amines is 1. The van der Waals surface area contributed by atoms with Crippen LogP contribution in [0.1, 0.15) is 17.1 Å². The Balaban J connectivity index is 1.94. The van der Waals surface area contributed by atoms with Crippen LogP contribution in [0.25, 0.3) is 5.69 Å². The molecule has 2 aromatic heterocycles. The summed E-state index contributed by atoms with van der Waals surface area (Å²) in [6, 6.07) is 1.58. The lowest BCUT2D eigenvalue weighted by molar-refractivity contribution is -0.137. The highest BCUT2D eigenvalue weighted by molar-refractivity contribution is 6.37. The van der Waals surface area contributed by atoms with E-state index in [1.54, 1.807) is 12.4 Å². The number of hydrogen-bond acceptors (Lipinski definition) is 3. The molecule has 23 heavy (non-hydrogen) atoms. The minimum atomic E-state index is -4.53. The SMILES string of the molecule is FC(F)(F)c1cc(Cl)c(-n2ncc(Cc3ncc[nH]3)n2)c(Cl)c1. The molecular formula is C13H8Cl2F3N5. The summed E-state index contributed by atoms with van der Waals surface area (Å²) in [4.78, 5) is 8.07. The second kappa shape index (κ2) is 5.86. The van der Waals surface area contributed by atoms with Crippen LogP contribution in [0.4, 0.5) is 13.2 Å². The highest BCUT2D eigenvalue weighted by Crippen LogP contribution is 2.37. The Labute approximate surface area is 138 Å². The van der Waals surface area contributed by atoms with Gasteiger partial charge in [-0.15, -0.1) is 4.80 Å². The molecule has 5 nitrogen and oxygen atoms in total. The van der Waals surface area contributed by atoms with Crippen molar-refractivity contribution in [1.29, 1.82) is 0 Å². The molecule has 3 rings (SSSR count). The largest absolute Gasteiger partial charge is 0.416 e. The number of alkyl halides is 3. The Morgan fingerprint density at radius 2 is 1.87 bits per heavy atom. The van der Waals surface area contributed by atoms with Crippen LogP contribution >= 0.6 is 23.2 Å². The molecule has 0 aliphatic carbocycles. The summed E-state index contributed by atoms with van der Waals surface area (Å²) in [7, 11) is 0. The van der Waals surface area contributed by atoms with Gasteiger partial charge in [-0.2, -0.15) is 23.4 Å². The molecular weight excluding hydrogens is 354 g/mol. The van der Waals surface area contributed by atoms with Gasteiger partial charge in [0.05, 0.1) is 33.9 Å². The zero-order valence-corrected chi connectivity index (χ0v) is 12.8. The fourth-order valence-corrected chi connectivity index (χ4v) is 2.61. The normalized spacial score (nSPS) is 11.9. The number of H-pyrrole nitrogens is 1. The van der Waals surface area contributed by atoms with Crippen molar-refractivity contribution in [3.63, 3.8) is 0 Å². The summed E-state index contributed by atoms with van der Waals surface area (Å²) in [6.07, 6.45) is 0.593. The number of imidazole rings is 1. The molecule has 0 unspecified atom stereocenters. The third-order valence-corrected chi connectivity index (χ3v) is 3.56. The zero-order chi connectivity index (χ0) is 16.6. The van der Waals surface area contributed by atoms with E-state index in [0.717, 1.165) is 16.9 Å². The summed E-state index contributed by atoms with van der Waals surface area (Å²) in [6.45, 7) is 0. The second-order valence-corrected chi connectivity index (χ2v) is 5.44. The Morgan fingerprint density at radius 1 is 1.17 bits per heavy atom. The van der Waals surface area contributed by atoms with Gasteiger partial charge in [-0.25, -0.2) is 4.98 Å². The summed E-state index contributed by atoms with van der Waals surface area (Å²) in [5, 5.41) is 7.78. The van der Waals surface area contributed by atoms with Gasteiger partial charge >= 0.3 is 6.18 Å². The van der Waals surface area contributed by atoms with Crippen LogP contribution < -0.4 is 0 Å². The van der Waals surface area contributed by atoms with Gasteiger partial charge in [0.1, 0.15) is 11.5 Å². The predicted molar refractivity (Wildman–Crippen MR) is 77.8 cm³/mol. The smallest absolute Gasteiger partial charge is 0.348 e. The summed E-state index contributed by atoms with van der Waals surface area (Å²) in [5.74, 6) is 0.682. The van der Waals surface area contributed by atoms with Crippen molar-refractivity contribution in [3.05, 3.63) is 57.9 Å². The van der Waals surface area contributed by atoms with Crippen molar-refractivity contribution in [2.24, 2.45) is 0 Å². The molecule has 0 radical (unpaired) electrons. The van der Waals surface area contributed by atoms with E-state index in [-0.39, 0.29) is 15.7 Å². The van der Waals surface area contributed by atoms with Crippen molar-refractivity contribution < 1.29 is 13.2 Å². The van der Waals surface area contributed by atoms with E-state index in [4.69, 9.17) is 23.2 Å². The average Bonchev–Trinajstić information content (AvgIpc) is 3.10. The van der Waals surface area contributed by atoms with E-state index in [0.29, 0.717) is 17.9 Å². The topological polar surface area (TPSA) is 59.4 Å². The molecule has 2 heterocycles. The lowest BCUT2D eigenvalue weighted by Crippen LogP contribution is -2.08. The van der Waals surface area contributed by atoms with Crippen LogP contribution in [-0.2, 0) is 12.6 Å². The number of benzene rings is 1. The van der Waals surface area contributed by atoms with Crippen molar-refractivity contribution in [2.45, 2.75) is 12.6 Å². The van der Waals surface area contributed by atoms with E-state index < -0.39 is 11.7 Å². The minimum absolute atomic E-state index is 0.0898. The number of aromatic nitrogens is 5. The second-order valence-electron chi connectivity index (χ2n) is 4.62. The first kappa shape index (κ1) is 15.8. The number of nitrogens with zero attached hydrogens (tertiary/aromatic N) is 4. The van der Waals surface area contributed by atoms with Crippen LogP contribution in [0.3, 0.4) is 0 Å². The fraction of sp³-hybridized carbons (Fsp3) is 0.154. The van der Waals surface area contributed by atoms with Crippen molar-refractivity contribution in [1.82, 2.24) is 25.0 Å². The summed E-state index contributed by atoms with van der Waals surface area (Å²) in [5.41, 5.74) is -0.279. The van der Waals surface area contributed by atoms with Crippen LogP contribution in [0.2, 0.25) is 10.0 Å². The molecule has 120 valence electrons. The highest BCUT2D eigenvalue weighted by atomic mass is 35.5. The van der Waals surface area contributed by atoms with Crippen LogP contribution in [0.5, 0.6) is 0 Å². The Hall–Kier alpha value is -2.06. The Kier molecular flexibility index (Phi) is 4.03. The molecule has 0 amide bonds. The maximum atomic E-state index is 12.7. The molecule has 10 heteroatoms. The van der Waals surface area contributed by atoms with Gasteiger partial charge in [-0.05, 0) is 12.1 Å². The number of halogens is 5. The molecule has 0 spiro atoms. The number of hydrogen-bond donors (Lipinski definition) is 1. The predicted octanol–water partition coefficient (Wildman–Crippen LogP) is 3.91. The van der Waals surface area contributed by atoms with Crippen molar-refractivity contribution in [2.75, 3.05) is 0 Å². The molecule has 3 aromatic rings. The lowest BCUT2D eigenvalue weighted by atomic mass is 10.2. The van der Waals surface area contributed by atoms with Gasteiger partial charge in [0.25, 0.3) is 0 Å². The first-order chi connectivity index (χ1) is 10.8. The number of rotatable bonds is 3. The molecule has 1 N–H and O–H groups in total. The van der Waals surface area contributed by atoms with Gasteiger partial charge in [0, 0.05) is 12.4 Å². The quantitative estimate of drug-likeness (QED) is 0.769. The molecule has 0 aliphatic heterocycles. The van der Waals surface area contributed by atoms with Gasteiger partial charge in [-0.1, -0.05) is 23.2 Å². The van der Waals surface area contributed by atoms with Gasteiger partial charge < -0.3 is 4.98 Å². The molecule has 1 aromatic carbocycles. The molecule has 0 fully saturated rings. The highest BCUT2D eigenvalue weighted by Gasteiger charge is 2.32. The molecule has 0 aliphatic rings. The molecule has 0 saturated carbocycles. The van der Waals surface area contributed by atoms with Crippen LogP contribution in [-0.4, -0.2) is 25.0 Å². The molecule has 0 bridgehead atoms. The molecule has 0 saturated heterocycles. The van der Waals surface area contributed by atoms with E-state index in [1.807, 2.05) is 0 Å². The molecule has 0 atom stereocenters. The Morgan fingerprint density at radius 3 is 2.43 bits per heavy atom. The van der Waals surface area contributed by atoms with Crippen molar-refractivity contribution in [3.8, 4) is 5.69 Å². The van der Waals surface area contributed by atoms with E-state index in [9.17, 15) is 13.2 Å². The third-order valence-electron chi connectivity index (χ3n) is 2.99. The van der Waals surface area contributed by atoms with E-state index in [1.165, 1.54) is 6.20 Å². The third kappa shape index (κ3) is 3.32. The Bertz CT molecular complexity index is 804. The van der Waals surface area contributed by atoms with Gasteiger partial charge in [-0.3, -0.25) is 0 Å². The maximum Gasteiger partial charge on any atom is 0.416 e. The number of nitrogens with one attached hydrogen (secondary N) is 1. The van der Waals surface area contributed by atoms with E-state index >= 15 is 0 Å². The van der Waals surface area contributed by atoms with Crippen LogP contribution in [0, 0.1) is 0 Å². The average molecular weight is 362 g/mol. The summed E-state index contributed by atoms with van der Waals surface area (Å²) < 4.78 is 38.2. The van der Waals surface area contributed by atoms with Gasteiger partial charge in [0.2, 0.25) is 0 Å². The first-order valence-corrected chi connectivity index (χ1v) is 7.06. The van der Waals surface area contributed by atoms with Crippen molar-refractivity contribution >= 4 is 23.2 Å². The standard InChI is InChI=1S/C13H8Cl2F3N5/c14-9-3-7(13(16,17)18)4-10(15)12(9)23-21-6-8(22-23)5-11-19-1-2-20-11/h1-4,6H,5H2,(H,19,20). The first-order valence-electron chi connectivity index (χ1n) is 6.30. The monoisotopic (exact) mass is 361 g/mol.